The van der Waals surface area contributed by atoms with Gasteiger partial charge in [-0.3, -0.25) is 9.88 Å². The lowest BCUT2D eigenvalue weighted by atomic mass is 9.96. The van der Waals surface area contributed by atoms with E-state index >= 15 is 0 Å². The molecule has 5 nitrogen and oxygen atoms in total. The van der Waals surface area contributed by atoms with Gasteiger partial charge in [-0.15, -0.1) is 0 Å². The molecule has 1 aromatic heterocycles. The third-order valence-corrected chi connectivity index (χ3v) is 4.72. The minimum atomic E-state index is -0.419. The Morgan fingerprint density at radius 1 is 1.29 bits per heavy atom. The van der Waals surface area contributed by atoms with E-state index in [1.807, 2.05) is 0 Å². The fourth-order valence-corrected chi connectivity index (χ4v) is 3.25. The zero-order chi connectivity index (χ0) is 16.9. The van der Waals surface area contributed by atoms with Crippen LogP contribution in [0.25, 0.3) is 0 Å². The van der Waals surface area contributed by atoms with Gasteiger partial charge in [0, 0.05) is 19.2 Å². The Hall–Kier alpha value is -1.85. The van der Waals surface area contributed by atoms with Gasteiger partial charge < -0.3 is 5.32 Å². The number of likely N-dealkylation sites (tertiary alicyclic amines) is 1. The van der Waals surface area contributed by atoms with E-state index in [1.54, 1.807) is 6.07 Å². The molecular weight excluding hydrogens is 324 g/mol. The summed E-state index contributed by atoms with van der Waals surface area (Å²) in [5.41, 5.74) is 2.26. The third-order valence-electron chi connectivity index (χ3n) is 4.52. The Morgan fingerprint density at radius 3 is 2.67 bits per heavy atom. The number of aromatic nitrogens is 2. The van der Waals surface area contributed by atoms with Crippen molar-refractivity contribution in [3.63, 3.8) is 0 Å². The van der Waals surface area contributed by atoms with Crippen molar-refractivity contribution in [1.82, 2.24) is 14.9 Å². The standard InChI is InChI=1S/C18H23ClN4O/c1-13-2-4-15(5-3-13)12-23-8-6-14(7-9-23)11-20-17-10-16(19)21-18(24)22-17/h2-5,10,14H,6-9,11-12H2,1H3,(H2,20,21,22,24). The summed E-state index contributed by atoms with van der Waals surface area (Å²) < 4.78 is 0. The summed E-state index contributed by atoms with van der Waals surface area (Å²) in [5, 5.41) is 3.54. The number of benzene rings is 1. The number of aryl methyl sites for hydroxylation is 1. The minimum absolute atomic E-state index is 0.311. The van der Waals surface area contributed by atoms with Gasteiger partial charge >= 0.3 is 5.69 Å². The van der Waals surface area contributed by atoms with Crippen molar-refractivity contribution in [2.24, 2.45) is 5.92 Å². The maximum atomic E-state index is 11.3. The normalized spacial score (nSPS) is 16.2. The summed E-state index contributed by atoms with van der Waals surface area (Å²) in [6, 6.07) is 10.4. The molecule has 6 heteroatoms. The maximum Gasteiger partial charge on any atom is 0.347 e. The first-order chi connectivity index (χ1) is 11.6. The van der Waals surface area contributed by atoms with Crippen LogP contribution in [0.3, 0.4) is 0 Å². The molecule has 24 heavy (non-hydrogen) atoms. The molecular formula is C18H23ClN4O. The second-order valence-corrected chi connectivity index (χ2v) is 6.91. The fraction of sp³-hybridized carbons (Fsp3) is 0.444. The minimum Gasteiger partial charge on any atom is -0.370 e. The Bertz CT molecular complexity index is 721. The number of hydrogen-bond donors (Lipinski definition) is 2. The first kappa shape index (κ1) is 17.0. The van der Waals surface area contributed by atoms with Crippen LogP contribution >= 0.6 is 11.6 Å². The van der Waals surface area contributed by atoms with E-state index in [-0.39, 0.29) is 0 Å². The lowest BCUT2D eigenvalue weighted by molar-refractivity contribution is 0.182. The van der Waals surface area contributed by atoms with Gasteiger partial charge in [0.2, 0.25) is 0 Å². The molecule has 2 aromatic rings. The smallest absolute Gasteiger partial charge is 0.347 e. The SMILES string of the molecule is Cc1ccc(CN2CCC(CNc3cc(Cl)[nH]c(=O)n3)CC2)cc1. The van der Waals surface area contributed by atoms with E-state index in [2.05, 4.69) is 51.4 Å². The number of hydrogen-bond acceptors (Lipinski definition) is 4. The first-order valence-electron chi connectivity index (χ1n) is 8.37. The molecule has 2 N–H and O–H groups in total. The van der Waals surface area contributed by atoms with Gasteiger partial charge in [-0.2, -0.15) is 4.98 Å². The average molecular weight is 347 g/mol. The average Bonchev–Trinajstić information content (AvgIpc) is 2.55. The molecule has 0 bridgehead atoms. The van der Waals surface area contributed by atoms with Crippen LogP contribution in [-0.4, -0.2) is 34.5 Å². The van der Waals surface area contributed by atoms with Crippen molar-refractivity contribution in [3.8, 4) is 0 Å². The first-order valence-corrected chi connectivity index (χ1v) is 8.75. The van der Waals surface area contributed by atoms with E-state index in [1.165, 1.54) is 11.1 Å². The van der Waals surface area contributed by atoms with E-state index in [4.69, 9.17) is 11.6 Å². The summed E-state index contributed by atoms with van der Waals surface area (Å²) in [7, 11) is 0. The van der Waals surface area contributed by atoms with E-state index in [0.717, 1.165) is 39.0 Å². The molecule has 1 aromatic carbocycles. The van der Waals surface area contributed by atoms with Gasteiger partial charge in [0.1, 0.15) is 11.0 Å². The number of piperidine rings is 1. The van der Waals surface area contributed by atoms with Crippen LogP contribution in [0.4, 0.5) is 5.82 Å². The molecule has 0 saturated carbocycles. The van der Waals surface area contributed by atoms with Crippen molar-refractivity contribution in [3.05, 3.63) is 57.1 Å². The van der Waals surface area contributed by atoms with Crippen LogP contribution in [0.2, 0.25) is 5.15 Å². The molecule has 0 aliphatic carbocycles. The third kappa shape index (κ3) is 4.82. The Balaban J connectivity index is 1.45. The number of rotatable bonds is 5. The van der Waals surface area contributed by atoms with Crippen molar-refractivity contribution in [1.29, 1.82) is 0 Å². The quantitative estimate of drug-likeness (QED) is 0.817. The molecule has 1 fully saturated rings. The van der Waals surface area contributed by atoms with E-state index in [0.29, 0.717) is 16.9 Å². The largest absolute Gasteiger partial charge is 0.370 e. The Labute approximate surface area is 147 Å². The molecule has 2 heterocycles. The van der Waals surface area contributed by atoms with Crippen LogP contribution in [0.15, 0.2) is 35.1 Å². The topological polar surface area (TPSA) is 61.0 Å². The molecule has 0 spiro atoms. The number of nitrogens with zero attached hydrogens (tertiary/aromatic N) is 2. The molecule has 0 amide bonds. The second-order valence-electron chi connectivity index (χ2n) is 6.51. The number of H-pyrrole nitrogens is 1. The highest BCUT2D eigenvalue weighted by atomic mass is 35.5. The van der Waals surface area contributed by atoms with Crippen molar-refractivity contribution in [2.75, 3.05) is 25.0 Å². The van der Waals surface area contributed by atoms with Gasteiger partial charge in [0.15, 0.2) is 0 Å². The summed E-state index contributed by atoms with van der Waals surface area (Å²) in [6.45, 7) is 6.16. The van der Waals surface area contributed by atoms with Crippen molar-refractivity contribution >= 4 is 17.4 Å². The van der Waals surface area contributed by atoms with Crippen LogP contribution < -0.4 is 11.0 Å². The number of anilines is 1. The molecule has 1 saturated heterocycles. The molecule has 1 aliphatic rings. The zero-order valence-corrected chi connectivity index (χ0v) is 14.6. The highest BCUT2D eigenvalue weighted by Gasteiger charge is 2.19. The molecule has 128 valence electrons. The molecule has 1 aliphatic heterocycles. The van der Waals surface area contributed by atoms with Crippen molar-refractivity contribution in [2.45, 2.75) is 26.3 Å². The number of halogens is 1. The van der Waals surface area contributed by atoms with Gasteiger partial charge in [-0.1, -0.05) is 41.4 Å². The zero-order valence-electron chi connectivity index (χ0n) is 13.9. The fourth-order valence-electron chi connectivity index (χ4n) is 3.07. The van der Waals surface area contributed by atoms with Crippen LogP contribution in [0, 0.1) is 12.8 Å². The van der Waals surface area contributed by atoms with Crippen LogP contribution in [0.1, 0.15) is 24.0 Å². The molecule has 0 unspecified atom stereocenters. The van der Waals surface area contributed by atoms with E-state index in [9.17, 15) is 4.79 Å². The van der Waals surface area contributed by atoms with Crippen molar-refractivity contribution < 1.29 is 0 Å². The van der Waals surface area contributed by atoms with Gasteiger partial charge in [0.25, 0.3) is 0 Å². The van der Waals surface area contributed by atoms with Gasteiger partial charge in [-0.25, -0.2) is 4.79 Å². The van der Waals surface area contributed by atoms with Gasteiger partial charge in [0.05, 0.1) is 0 Å². The maximum absolute atomic E-state index is 11.3. The predicted molar refractivity (Wildman–Crippen MR) is 97.5 cm³/mol. The number of aromatic amines is 1. The molecule has 0 atom stereocenters. The molecule has 3 rings (SSSR count). The summed E-state index contributed by atoms with van der Waals surface area (Å²) in [5.74, 6) is 1.14. The Kier molecular flexibility index (Phi) is 5.53. The summed E-state index contributed by atoms with van der Waals surface area (Å²) >= 11 is 5.84. The van der Waals surface area contributed by atoms with E-state index < -0.39 is 5.69 Å². The summed E-state index contributed by atoms with van der Waals surface area (Å²) in [6.07, 6.45) is 2.30. The lowest BCUT2D eigenvalue weighted by Crippen LogP contribution is -2.35. The summed E-state index contributed by atoms with van der Waals surface area (Å²) in [4.78, 5) is 20.1. The lowest BCUT2D eigenvalue weighted by Gasteiger charge is -2.32. The van der Waals surface area contributed by atoms with Crippen LogP contribution in [-0.2, 0) is 6.54 Å². The van der Waals surface area contributed by atoms with Gasteiger partial charge in [-0.05, 0) is 44.3 Å². The monoisotopic (exact) mass is 346 g/mol. The number of nitrogens with one attached hydrogen (secondary N) is 2. The second kappa shape index (κ2) is 7.81. The van der Waals surface area contributed by atoms with Crippen LogP contribution in [0.5, 0.6) is 0 Å². The predicted octanol–water partition coefficient (Wildman–Crippen LogP) is 3.06. The molecule has 0 radical (unpaired) electrons. The Morgan fingerprint density at radius 2 is 2.00 bits per heavy atom. The highest BCUT2D eigenvalue weighted by molar-refractivity contribution is 6.29. The highest BCUT2D eigenvalue weighted by Crippen LogP contribution is 2.20.